The molecule has 1 saturated carbocycles. The number of ketones is 1. The summed E-state index contributed by atoms with van der Waals surface area (Å²) in [6.07, 6.45) is 2.26. The van der Waals surface area contributed by atoms with Gasteiger partial charge in [0.25, 0.3) is 5.69 Å². The maximum atomic E-state index is 12.6. The molecule has 9 heteroatoms. The zero-order valence-corrected chi connectivity index (χ0v) is 16.2. The van der Waals surface area contributed by atoms with E-state index in [1.807, 2.05) is 0 Å². The molecule has 1 amide bonds. The van der Waals surface area contributed by atoms with Crippen molar-refractivity contribution in [2.75, 3.05) is 5.32 Å². The van der Waals surface area contributed by atoms with Gasteiger partial charge in [0.05, 0.1) is 4.92 Å². The Bertz CT molecular complexity index is 981. The fourth-order valence-corrected chi connectivity index (χ4v) is 4.39. The molecule has 4 atom stereocenters. The number of benzene rings is 2. The van der Waals surface area contributed by atoms with Gasteiger partial charge in [0.1, 0.15) is 11.7 Å². The topological polar surface area (TPSA) is 139 Å². The van der Waals surface area contributed by atoms with Gasteiger partial charge in [0.15, 0.2) is 5.78 Å². The number of hydrogen-bond donors (Lipinski definition) is 4. The van der Waals surface area contributed by atoms with Crippen molar-refractivity contribution in [3.8, 4) is 0 Å². The van der Waals surface area contributed by atoms with Crippen molar-refractivity contribution in [2.45, 2.75) is 37.4 Å². The standard InChI is InChI=1S/C21H23N5O4/c22-21(28)19-15-11-14(7-9-16(15)24-25-19)23-17-8-6-13(10-18(17)26(29)30)20(27)12-4-2-1-3-5-12/h1-6,8,10,14-16,19,23-25H,7,9,11H2,(H2,22,28). The van der Waals surface area contributed by atoms with Crippen LogP contribution in [0.5, 0.6) is 0 Å². The molecule has 156 valence electrons. The van der Waals surface area contributed by atoms with E-state index in [0.717, 1.165) is 12.8 Å². The average molecular weight is 409 g/mol. The zero-order chi connectivity index (χ0) is 21.3. The minimum Gasteiger partial charge on any atom is -0.377 e. The van der Waals surface area contributed by atoms with Gasteiger partial charge < -0.3 is 11.1 Å². The number of hydrazine groups is 1. The fraction of sp³-hybridized carbons (Fsp3) is 0.333. The molecular weight excluding hydrogens is 386 g/mol. The lowest BCUT2D eigenvalue weighted by molar-refractivity contribution is -0.384. The number of carbonyl (C=O) groups excluding carboxylic acids is 2. The van der Waals surface area contributed by atoms with Crippen molar-refractivity contribution in [3.63, 3.8) is 0 Å². The Morgan fingerprint density at radius 3 is 2.53 bits per heavy atom. The van der Waals surface area contributed by atoms with Crippen molar-refractivity contribution in [2.24, 2.45) is 11.7 Å². The van der Waals surface area contributed by atoms with E-state index in [0.29, 0.717) is 17.7 Å². The van der Waals surface area contributed by atoms with E-state index in [2.05, 4.69) is 16.2 Å². The number of primary amides is 1. The second-order valence-corrected chi connectivity index (χ2v) is 7.78. The Balaban J connectivity index is 1.54. The third-order valence-electron chi connectivity index (χ3n) is 5.91. The van der Waals surface area contributed by atoms with Crippen LogP contribution in [0.1, 0.15) is 35.2 Å². The Hall–Kier alpha value is -3.30. The third kappa shape index (κ3) is 3.89. The number of nitro groups is 1. The first-order chi connectivity index (χ1) is 14.4. The number of anilines is 1. The predicted octanol–water partition coefficient (Wildman–Crippen LogP) is 1.74. The van der Waals surface area contributed by atoms with E-state index in [-0.39, 0.29) is 35.0 Å². The molecule has 1 aliphatic heterocycles. The lowest BCUT2D eigenvalue weighted by Crippen LogP contribution is -2.44. The largest absolute Gasteiger partial charge is 0.377 e. The van der Waals surface area contributed by atoms with Gasteiger partial charge in [-0.1, -0.05) is 30.3 Å². The second-order valence-electron chi connectivity index (χ2n) is 7.78. The summed E-state index contributed by atoms with van der Waals surface area (Å²) >= 11 is 0. The first-order valence-corrected chi connectivity index (χ1v) is 9.89. The van der Waals surface area contributed by atoms with Crippen LogP contribution in [0.4, 0.5) is 11.4 Å². The van der Waals surface area contributed by atoms with Crippen LogP contribution in [0, 0.1) is 16.0 Å². The van der Waals surface area contributed by atoms with Crippen LogP contribution < -0.4 is 21.9 Å². The van der Waals surface area contributed by atoms with Gasteiger partial charge in [-0.05, 0) is 31.4 Å². The quantitative estimate of drug-likeness (QED) is 0.324. The van der Waals surface area contributed by atoms with Crippen LogP contribution >= 0.6 is 0 Å². The highest BCUT2D eigenvalue weighted by atomic mass is 16.6. The summed E-state index contributed by atoms with van der Waals surface area (Å²) < 4.78 is 0. The van der Waals surface area contributed by atoms with E-state index < -0.39 is 16.9 Å². The van der Waals surface area contributed by atoms with Crippen molar-refractivity contribution < 1.29 is 14.5 Å². The normalized spacial score (nSPS) is 25.3. The SMILES string of the molecule is NC(=O)C1NNC2CCC(Nc3ccc(C(=O)c4ccccc4)cc3[N+](=O)[O-])CC21. The van der Waals surface area contributed by atoms with Crippen molar-refractivity contribution in [3.05, 3.63) is 69.8 Å². The number of rotatable bonds is 6. The number of nitro benzene ring substituents is 1. The molecule has 30 heavy (non-hydrogen) atoms. The molecule has 2 fully saturated rings. The van der Waals surface area contributed by atoms with Crippen LogP contribution in [0.3, 0.4) is 0 Å². The van der Waals surface area contributed by atoms with E-state index in [1.54, 1.807) is 42.5 Å². The minimum atomic E-state index is -0.485. The molecule has 4 unspecified atom stereocenters. The number of hydrogen-bond acceptors (Lipinski definition) is 7. The molecule has 2 aliphatic rings. The van der Waals surface area contributed by atoms with Crippen LogP contribution in [-0.4, -0.2) is 34.7 Å². The van der Waals surface area contributed by atoms with Gasteiger partial charge in [0.2, 0.25) is 5.91 Å². The maximum absolute atomic E-state index is 12.6. The van der Waals surface area contributed by atoms with E-state index in [4.69, 9.17) is 5.73 Å². The lowest BCUT2D eigenvalue weighted by atomic mass is 9.79. The Morgan fingerprint density at radius 2 is 1.83 bits per heavy atom. The van der Waals surface area contributed by atoms with Gasteiger partial charge in [-0.25, -0.2) is 5.43 Å². The zero-order valence-electron chi connectivity index (χ0n) is 16.2. The van der Waals surface area contributed by atoms with E-state index in [1.165, 1.54) is 6.07 Å². The predicted molar refractivity (Wildman–Crippen MR) is 111 cm³/mol. The highest BCUT2D eigenvalue weighted by Crippen LogP contribution is 2.34. The summed E-state index contributed by atoms with van der Waals surface area (Å²) in [6.45, 7) is 0. The van der Waals surface area contributed by atoms with E-state index in [9.17, 15) is 19.7 Å². The summed E-state index contributed by atoms with van der Waals surface area (Å²) in [4.78, 5) is 35.5. The minimum absolute atomic E-state index is 0.0201. The molecule has 2 aromatic carbocycles. The first-order valence-electron chi connectivity index (χ1n) is 9.89. The molecule has 4 rings (SSSR count). The van der Waals surface area contributed by atoms with Crippen LogP contribution in [0.15, 0.2) is 48.5 Å². The van der Waals surface area contributed by atoms with Gasteiger partial charge in [-0.2, -0.15) is 0 Å². The van der Waals surface area contributed by atoms with Gasteiger partial charge in [-0.3, -0.25) is 25.1 Å². The molecule has 0 aromatic heterocycles. The van der Waals surface area contributed by atoms with Crippen LogP contribution in [0.25, 0.3) is 0 Å². The summed E-state index contributed by atoms with van der Waals surface area (Å²) in [5, 5.41) is 14.9. The number of fused-ring (bicyclic) bond motifs is 1. The summed E-state index contributed by atoms with van der Waals surface area (Å²) in [7, 11) is 0. The summed E-state index contributed by atoms with van der Waals surface area (Å²) in [5.41, 5.74) is 12.5. The fourth-order valence-electron chi connectivity index (χ4n) is 4.39. The third-order valence-corrected chi connectivity index (χ3v) is 5.91. The molecule has 2 aromatic rings. The number of amides is 1. The first kappa shape index (κ1) is 20.0. The maximum Gasteiger partial charge on any atom is 0.293 e. The number of nitrogens with zero attached hydrogens (tertiary/aromatic N) is 1. The Kier molecular flexibility index (Phi) is 5.47. The molecular formula is C21H23N5O4. The molecule has 9 nitrogen and oxygen atoms in total. The van der Waals surface area contributed by atoms with Crippen molar-refractivity contribution >= 4 is 23.1 Å². The van der Waals surface area contributed by atoms with E-state index >= 15 is 0 Å². The highest BCUT2D eigenvalue weighted by Gasteiger charge is 2.43. The smallest absolute Gasteiger partial charge is 0.293 e. The highest BCUT2D eigenvalue weighted by molar-refractivity contribution is 6.09. The molecule has 0 spiro atoms. The number of carbonyl (C=O) groups is 2. The molecule has 5 N–H and O–H groups in total. The van der Waals surface area contributed by atoms with Crippen LogP contribution in [-0.2, 0) is 4.79 Å². The van der Waals surface area contributed by atoms with Crippen molar-refractivity contribution in [1.82, 2.24) is 10.9 Å². The van der Waals surface area contributed by atoms with Crippen LogP contribution in [0.2, 0.25) is 0 Å². The molecule has 0 radical (unpaired) electrons. The molecule has 1 saturated heterocycles. The number of nitrogens with one attached hydrogen (secondary N) is 3. The molecule has 1 aliphatic carbocycles. The van der Waals surface area contributed by atoms with Gasteiger partial charge in [-0.15, -0.1) is 0 Å². The molecule has 0 bridgehead atoms. The lowest BCUT2D eigenvalue weighted by Gasteiger charge is -2.33. The summed E-state index contributed by atoms with van der Waals surface area (Å²) in [5.74, 6) is -0.657. The summed E-state index contributed by atoms with van der Waals surface area (Å²) in [6, 6.07) is 12.8. The second kappa shape index (κ2) is 8.21. The van der Waals surface area contributed by atoms with Gasteiger partial charge >= 0.3 is 0 Å². The average Bonchev–Trinajstić information content (AvgIpc) is 3.17. The Labute approximate surface area is 173 Å². The number of nitrogens with two attached hydrogens (primary N) is 1. The Morgan fingerprint density at radius 1 is 1.07 bits per heavy atom. The molecule has 1 heterocycles. The van der Waals surface area contributed by atoms with Crippen molar-refractivity contribution in [1.29, 1.82) is 0 Å². The van der Waals surface area contributed by atoms with Gasteiger partial charge in [0, 0.05) is 35.2 Å². The monoisotopic (exact) mass is 409 g/mol.